The van der Waals surface area contributed by atoms with Crippen LogP contribution in [0.3, 0.4) is 0 Å². The first-order valence-electron chi connectivity index (χ1n) is 8.85. The van der Waals surface area contributed by atoms with Gasteiger partial charge < -0.3 is 18.9 Å². The molecule has 0 spiro atoms. The maximum Gasteiger partial charge on any atom is 0.146 e. The Bertz CT molecular complexity index is 1010. The highest BCUT2D eigenvalue weighted by Crippen LogP contribution is 2.53. The Kier molecular flexibility index (Phi) is 6.59. The second-order valence-electron chi connectivity index (χ2n) is 6.21. The minimum absolute atomic E-state index is 0.372. The zero-order valence-corrected chi connectivity index (χ0v) is 17.9. The zero-order valence-electron chi connectivity index (χ0n) is 17.9. The van der Waals surface area contributed by atoms with Crippen LogP contribution in [0.5, 0.6) is 23.0 Å². The topological polar surface area (TPSA) is 36.9 Å². The van der Waals surface area contributed by atoms with Crippen LogP contribution in [0.4, 0.5) is 0 Å². The van der Waals surface area contributed by atoms with Crippen molar-refractivity contribution < 1.29 is 18.9 Å². The summed E-state index contributed by atoms with van der Waals surface area (Å²) in [5, 5.41) is 0. The summed E-state index contributed by atoms with van der Waals surface area (Å²) in [6.07, 6.45) is 23.2. The molecule has 0 aliphatic heterocycles. The molecule has 30 heavy (non-hydrogen) atoms. The zero-order chi connectivity index (χ0) is 22.6. The quantitative estimate of drug-likeness (QED) is 0.716. The second kappa shape index (κ2) is 8.92. The molecular formula is C26H22O4. The molecule has 0 aliphatic rings. The summed E-state index contributed by atoms with van der Waals surface area (Å²) in [6, 6.07) is 0. The standard InChI is InChI=1S/C26H22O4/c1-11-17-15(5)18(12-2)24(28-8)21(23(17)27-7)22-25(29-9)19(13-3)16(6)20(14-4)26(22)30-10/h1-4H,5-10H3. The van der Waals surface area contributed by atoms with E-state index < -0.39 is 0 Å². The molecule has 2 aromatic rings. The Morgan fingerprint density at radius 1 is 0.467 bits per heavy atom. The molecule has 150 valence electrons. The van der Waals surface area contributed by atoms with Gasteiger partial charge in [-0.2, -0.15) is 0 Å². The molecular weight excluding hydrogens is 376 g/mol. The Morgan fingerprint density at radius 3 is 0.800 bits per heavy atom. The third kappa shape index (κ3) is 3.06. The summed E-state index contributed by atoms with van der Waals surface area (Å²) in [6.45, 7) is 3.62. The van der Waals surface area contributed by atoms with Gasteiger partial charge >= 0.3 is 0 Å². The predicted octanol–water partition coefficient (Wildman–Crippen LogP) is 3.93. The van der Waals surface area contributed by atoms with Gasteiger partial charge in [0.2, 0.25) is 0 Å². The van der Waals surface area contributed by atoms with Gasteiger partial charge in [0.1, 0.15) is 23.0 Å². The van der Waals surface area contributed by atoms with Crippen molar-refractivity contribution in [3.63, 3.8) is 0 Å². The van der Waals surface area contributed by atoms with E-state index in [1.165, 1.54) is 28.4 Å². The summed E-state index contributed by atoms with van der Waals surface area (Å²) in [5.41, 5.74) is 4.19. The van der Waals surface area contributed by atoms with Crippen LogP contribution in [0.15, 0.2) is 0 Å². The van der Waals surface area contributed by atoms with Crippen molar-refractivity contribution in [2.75, 3.05) is 28.4 Å². The molecule has 4 nitrogen and oxygen atoms in total. The van der Waals surface area contributed by atoms with Crippen LogP contribution in [0.1, 0.15) is 33.4 Å². The third-order valence-corrected chi connectivity index (χ3v) is 4.96. The van der Waals surface area contributed by atoms with E-state index in [0.29, 0.717) is 67.5 Å². The van der Waals surface area contributed by atoms with Crippen LogP contribution in [0.25, 0.3) is 11.1 Å². The highest BCUT2D eigenvalue weighted by atomic mass is 16.5. The van der Waals surface area contributed by atoms with Crippen molar-refractivity contribution in [3.05, 3.63) is 33.4 Å². The fraction of sp³-hybridized carbons (Fsp3) is 0.231. The van der Waals surface area contributed by atoms with Crippen molar-refractivity contribution in [2.24, 2.45) is 0 Å². The largest absolute Gasteiger partial charge is 0.495 e. The minimum atomic E-state index is 0.372. The van der Waals surface area contributed by atoms with Crippen molar-refractivity contribution in [1.82, 2.24) is 0 Å². The van der Waals surface area contributed by atoms with Gasteiger partial charge in [0.25, 0.3) is 0 Å². The highest BCUT2D eigenvalue weighted by molar-refractivity contribution is 5.94. The third-order valence-electron chi connectivity index (χ3n) is 4.96. The van der Waals surface area contributed by atoms with Crippen LogP contribution < -0.4 is 18.9 Å². The Balaban J connectivity index is 3.37. The van der Waals surface area contributed by atoms with Crippen LogP contribution in [-0.2, 0) is 0 Å². The molecule has 0 amide bonds. The van der Waals surface area contributed by atoms with E-state index in [0.717, 1.165) is 0 Å². The molecule has 0 radical (unpaired) electrons. The Hall–Kier alpha value is -4.12. The van der Waals surface area contributed by atoms with E-state index in [-0.39, 0.29) is 0 Å². The maximum absolute atomic E-state index is 5.80. The Labute approximate surface area is 178 Å². The van der Waals surface area contributed by atoms with Gasteiger partial charge in [-0.15, -0.1) is 25.7 Å². The van der Waals surface area contributed by atoms with E-state index in [1.807, 2.05) is 13.8 Å². The molecule has 0 saturated heterocycles. The monoisotopic (exact) mass is 398 g/mol. The van der Waals surface area contributed by atoms with E-state index >= 15 is 0 Å². The molecule has 0 N–H and O–H groups in total. The van der Waals surface area contributed by atoms with Crippen LogP contribution in [-0.4, -0.2) is 28.4 Å². The summed E-state index contributed by atoms with van der Waals surface area (Å²) >= 11 is 0. The van der Waals surface area contributed by atoms with Gasteiger partial charge in [-0.3, -0.25) is 0 Å². The van der Waals surface area contributed by atoms with E-state index in [9.17, 15) is 0 Å². The van der Waals surface area contributed by atoms with Crippen molar-refractivity contribution in [3.8, 4) is 83.5 Å². The lowest BCUT2D eigenvalue weighted by Crippen LogP contribution is -2.07. The average molecular weight is 398 g/mol. The number of ether oxygens (including phenoxy) is 4. The van der Waals surface area contributed by atoms with Crippen LogP contribution in [0.2, 0.25) is 0 Å². The number of benzene rings is 2. The van der Waals surface area contributed by atoms with Gasteiger partial charge in [0, 0.05) is 0 Å². The summed E-state index contributed by atoms with van der Waals surface area (Å²) in [5.74, 6) is 12.1. The molecule has 0 bridgehead atoms. The summed E-state index contributed by atoms with van der Waals surface area (Å²) < 4.78 is 22.9. The molecule has 0 heterocycles. The number of hydrogen-bond donors (Lipinski definition) is 0. The van der Waals surface area contributed by atoms with E-state index in [2.05, 4.69) is 23.7 Å². The van der Waals surface area contributed by atoms with Crippen molar-refractivity contribution >= 4 is 0 Å². The van der Waals surface area contributed by atoms with Crippen LogP contribution >= 0.6 is 0 Å². The number of rotatable bonds is 5. The lowest BCUT2D eigenvalue weighted by atomic mass is 9.87. The molecule has 0 unspecified atom stereocenters. The molecule has 2 rings (SSSR count). The van der Waals surface area contributed by atoms with Gasteiger partial charge in [-0.25, -0.2) is 0 Å². The SMILES string of the molecule is C#Cc1c(C)c(C#C)c(OC)c(-c2c(OC)c(C#C)c(C)c(C#C)c2OC)c1OC. The molecule has 2 aromatic carbocycles. The van der Waals surface area contributed by atoms with Gasteiger partial charge in [-0.05, 0) is 25.0 Å². The normalized spacial score (nSPS) is 9.53. The lowest BCUT2D eigenvalue weighted by molar-refractivity contribution is 0.384. The smallest absolute Gasteiger partial charge is 0.146 e. The minimum Gasteiger partial charge on any atom is -0.495 e. The van der Waals surface area contributed by atoms with Crippen LogP contribution in [0, 0.1) is 63.2 Å². The van der Waals surface area contributed by atoms with Crippen molar-refractivity contribution in [2.45, 2.75) is 13.8 Å². The molecule has 0 saturated carbocycles. The molecule has 0 atom stereocenters. The molecule has 4 heteroatoms. The number of hydrogen-bond acceptors (Lipinski definition) is 4. The van der Waals surface area contributed by atoms with Crippen molar-refractivity contribution in [1.29, 1.82) is 0 Å². The lowest BCUT2D eigenvalue weighted by Gasteiger charge is -2.24. The fourth-order valence-electron chi connectivity index (χ4n) is 3.60. The van der Waals surface area contributed by atoms with Gasteiger partial charge in [0.15, 0.2) is 0 Å². The first-order chi connectivity index (χ1) is 14.4. The maximum atomic E-state index is 5.80. The average Bonchev–Trinajstić information content (AvgIpc) is 2.76. The molecule has 0 aliphatic carbocycles. The summed E-state index contributed by atoms with van der Waals surface area (Å²) in [7, 11) is 6.02. The number of methoxy groups -OCH3 is 4. The first kappa shape index (κ1) is 22.2. The summed E-state index contributed by atoms with van der Waals surface area (Å²) in [4.78, 5) is 0. The molecule has 0 aromatic heterocycles. The second-order valence-corrected chi connectivity index (χ2v) is 6.21. The highest BCUT2D eigenvalue weighted by Gasteiger charge is 2.31. The van der Waals surface area contributed by atoms with E-state index in [1.54, 1.807) is 0 Å². The first-order valence-corrected chi connectivity index (χ1v) is 8.85. The van der Waals surface area contributed by atoms with E-state index in [4.69, 9.17) is 44.6 Å². The van der Waals surface area contributed by atoms with Gasteiger partial charge in [0.05, 0.1) is 61.8 Å². The number of terminal acetylenes is 4. The van der Waals surface area contributed by atoms with Gasteiger partial charge in [-0.1, -0.05) is 23.7 Å². The fourth-order valence-corrected chi connectivity index (χ4v) is 3.60. The Morgan fingerprint density at radius 2 is 0.667 bits per heavy atom. The predicted molar refractivity (Wildman–Crippen MR) is 119 cm³/mol. The molecule has 0 fully saturated rings.